The van der Waals surface area contributed by atoms with Crippen LogP contribution < -0.4 is 5.73 Å². The summed E-state index contributed by atoms with van der Waals surface area (Å²) in [4.78, 5) is 7.07. The van der Waals surface area contributed by atoms with Crippen molar-refractivity contribution in [2.45, 2.75) is 32.7 Å². The first-order valence-electron chi connectivity index (χ1n) is 6.17. The molecule has 1 saturated heterocycles. The quantitative estimate of drug-likeness (QED) is 0.872. The van der Waals surface area contributed by atoms with Gasteiger partial charge in [0.2, 0.25) is 0 Å². The molecular formula is C12H21N3S. The fourth-order valence-corrected chi connectivity index (χ4v) is 3.21. The molecule has 0 amide bonds. The summed E-state index contributed by atoms with van der Waals surface area (Å²) in [7, 11) is 0. The molecule has 0 aromatic carbocycles. The van der Waals surface area contributed by atoms with Gasteiger partial charge < -0.3 is 10.6 Å². The minimum Gasteiger partial charge on any atom is -0.325 e. The van der Waals surface area contributed by atoms with Gasteiger partial charge in [0.15, 0.2) is 0 Å². The van der Waals surface area contributed by atoms with Crippen molar-refractivity contribution in [3.63, 3.8) is 0 Å². The van der Waals surface area contributed by atoms with Crippen molar-refractivity contribution >= 4 is 11.3 Å². The molecule has 0 atom stereocenters. The zero-order valence-corrected chi connectivity index (χ0v) is 10.8. The highest BCUT2D eigenvalue weighted by atomic mass is 32.1. The van der Waals surface area contributed by atoms with Crippen molar-refractivity contribution in [1.29, 1.82) is 0 Å². The van der Waals surface area contributed by atoms with Gasteiger partial charge in [-0.2, -0.15) is 0 Å². The lowest BCUT2D eigenvalue weighted by Crippen LogP contribution is -2.34. The van der Waals surface area contributed by atoms with Crippen molar-refractivity contribution in [1.82, 2.24) is 9.88 Å². The van der Waals surface area contributed by atoms with Crippen molar-refractivity contribution in [3.8, 4) is 0 Å². The summed E-state index contributed by atoms with van der Waals surface area (Å²) in [5, 5.41) is 3.37. The Kier molecular flexibility index (Phi) is 4.32. The zero-order chi connectivity index (χ0) is 11.4. The van der Waals surface area contributed by atoms with Gasteiger partial charge in [-0.1, -0.05) is 6.92 Å². The summed E-state index contributed by atoms with van der Waals surface area (Å²) >= 11 is 1.77. The third kappa shape index (κ3) is 3.03. The highest BCUT2D eigenvalue weighted by Gasteiger charge is 2.19. The largest absolute Gasteiger partial charge is 0.325 e. The van der Waals surface area contributed by atoms with Gasteiger partial charge in [-0.15, -0.1) is 11.3 Å². The molecule has 0 saturated carbocycles. The lowest BCUT2D eigenvalue weighted by molar-refractivity contribution is 0.192. The van der Waals surface area contributed by atoms with Gasteiger partial charge in [-0.3, -0.25) is 0 Å². The Morgan fingerprint density at radius 1 is 1.50 bits per heavy atom. The number of piperidine rings is 1. The van der Waals surface area contributed by atoms with Gasteiger partial charge in [0.05, 0.1) is 10.7 Å². The third-order valence-electron chi connectivity index (χ3n) is 3.43. The van der Waals surface area contributed by atoms with E-state index in [4.69, 9.17) is 5.73 Å². The molecule has 0 bridgehead atoms. The fraction of sp³-hybridized carbons (Fsp3) is 0.750. The molecule has 0 spiro atoms. The first kappa shape index (κ1) is 12.0. The lowest BCUT2D eigenvalue weighted by atomic mass is 9.94. The second-order valence-corrected chi connectivity index (χ2v) is 5.46. The fourth-order valence-electron chi connectivity index (χ4n) is 2.29. The Morgan fingerprint density at radius 3 is 2.81 bits per heavy atom. The van der Waals surface area contributed by atoms with Crippen LogP contribution in [0.4, 0.5) is 0 Å². The average Bonchev–Trinajstić information content (AvgIpc) is 2.78. The molecule has 3 nitrogen and oxygen atoms in total. The Morgan fingerprint density at radius 2 is 2.25 bits per heavy atom. The van der Waals surface area contributed by atoms with Crippen LogP contribution in [0.25, 0.3) is 0 Å². The summed E-state index contributed by atoms with van der Waals surface area (Å²) in [6.45, 7) is 6.54. The summed E-state index contributed by atoms with van der Waals surface area (Å²) in [5.74, 6) is 0.833. The summed E-state index contributed by atoms with van der Waals surface area (Å²) < 4.78 is 0. The highest BCUT2D eigenvalue weighted by Crippen LogP contribution is 2.23. The molecule has 1 fully saturated rings. The Hall–Kier alpha value is -0.450. The number of likely N-dealkylation sites (tertiary alicyclic amines) is 1. The van der Waals surface area contributed by atoms with E-state index in [1.807, 2.05) is 0 Å². The normalized spacial score (nSPS) is 19.1. The number of aromatic nitrogens is 1. The van der Waals surface area contributed by atoms with E-state index in [1.54, 1.807) is 11.3 Å². The molecule has 1 aliphatic rings. The summed E-state index contributed by atoms with van der Waals surface area (Å²) in [6, 6.07) is 0. The average molecular weight is 239 g/mol. The number of hydrogen-bond acceptors (Lipinski definition) is 4. The van der Waals surface area contributed by atoms with Crippen LogP contribution in [0.15, 0.2) is 5.38 Å². The first-order valence-corrected chi connectivity index (χ1v) is 7.05. The molecule has 90 valence electrons. The zero-order valence-electron chi connectivity index (χ0n) is 9.98. The van der Waals surface area contributed by atoms with Crippen molar-refractivity contribution in [2.75, 3.05) is 19.6 Å². The molecule has 2 N–H and O–H groups in total. The van der Waals surface area contributed by atoms with Crippen molar-refractivity contribution in [2.24, 2.45) is 11.7 Å². The molecule has 1 aromatic heterocycles. The van der Waals surface area contributed by atoms with Gasteiger partial charge in [-0.05, 0) is 38.4 Å². The van der Waals surface area contributed by atoms with E-state index in [0.29, 0.717) is 6.54 Å². The monoisotopic (exact) mass is 239 g/mol. The minimum absolute atomic E-state index is 0.574. The van der Waals surface area contributed by atoms with Crippen LogP contribution in [0.3, 0.4) is 0 Å². The maximum Gasteiger partial charge on any atom is 0.0931 e. The number of thiazole rings is 1. The lowest BCUT2D eigenvalue weighted by Gasteiger charge is -2.30. The van der Waals surface area contributed by atoms with Crippen LogP contribution in [-0.4, -0.2) is 29.5 Å². The Balaban J connectivity index is 1.82. The van der Waals surface area contributed by atoms with E-state index < -0.39 is 0 Å². The van der Waals surface area contributed by atoms with E-state index in [0.717, 1.165) is 18.0 Å². The Bertz CT molecular complexity index is 316. The molecule has 2 rings (SSSR count). The molecule has 16 heavy (non-hydrogen) atoms. The van der Waals surface area contributed by atoms with Crippen LogP contribution in [0.5, 0.6) is 0 Å². The Labute approximate surface area is 102 Å². The number of rotatable bonds is 4. The second kappa shape index (κ2) is 5.75. The predicted octanol–water partition coefficient (Wildman–Crippen LogP) is 1.88. The van der Waals surface area contributed by atoms with E-state index in [1.165, 1.54) is 37.5 Å². The first-order chi connectivity index (χ1) is 7.81. The molecule has 4 heteroatoms. The van der Waals surface area contributed by atoms with Gasteiger partial charge in [-0.25, -0.2) is 4.98 Å². The van der Waals surface area contributed by atoms with E-state index in [2.05, 4.69) is 22.2 Å². The van der Waals surface area contributed by atoms with Crippen LogP contribution in [0.1, 0.15) is 30.5 Å². The van der Waals surface area contributed by atoms with E-state index in [-0.39, 0.29) is 0 Å². The standard InChI is InChI=1S/C12H21N3S/c1-2-15-5-3-10(4-6-15)7-12-14-11(8-13)9-16-12/h9-10H,2-8,13H2,1H3. The summed E-state index contributed by atoms with van der Waals surface area (Å²) in [5.41, 5.74) is 6.62. The molecular weight excluding hydrogens is 218 g/mol. The van der Waals surface area contributed by atoms with Crippen molar-refractivity contribution in [3.05, 3.63) is 16.1 Å². The predicted molar refractivity (Wildman–Crippen MR) is 68.5 cm³/mol. The second-order valence-electron chi connectivity index (χ2n) is 4.52. The molecule has 1 aliphatic heterocycles. The van der Waals surface area contributed by atoms with Crippen LogP contribution in [-0.2, 0) is 13.0 Å². The van der Waals surface area contributed by atoms with Gasteiger partial charge >= 0.3 is 0 Å². The molecule has 0 radical (unpaired) electrons. The van der Waals surface area contributed by atoms with Gasteiger partial charge in [0.1, 0.15) is 0 Å². The van der Waals surface area contributed by atoms with Gasteiger partial charge in [0, 0.05) is 18.3 Å². The maximum atomic E-state index is 5.57. The third-order valence-corrected chi connectivity index (χ3v) is 4.35. The van der Waals surface area contributed by atoms with Crippen LogP contribution >= 0.6 is 11.3 Å². The topological polar surface area (TPSA) is 42.2 Å². The van der Waals surface area contributed by atoms with Gasteiger partial charge in [0.25, 0.3) is 0 Å². The SMILES string of the molecule is CCN1CCC(Cc2nc(CN)cs2)CC1. The molecule has 0 aliphatic carbocycles. The number of hydrogen-bond donors (Lipinski definition) is 1. The number of nitrogens with two attached hydrogens (primary N) is 1. The maximum absolute atomic E-state index is 5.57. The summed E-state index contributed by atoms with van der Waals surface area (Å²) in [6.07, 6.45) is 3.80. The van der Waals surface area contributed by atoms with E-state index in [9.17, 15) is 0 Å². The molecule has 0 unspecified atom stereocenters. The van der Waals surface area contributed by atoms with E-state index >= 15 is 0 Å². The highest BCUT2D eigenvalue weighted by molar-refractivity contribution is 7.09. The van der Waals surface area contributed by atoms with Crippen LogP contribution in [0.2, 0.25) is 0 Å². The number of nitrogens with zero attached hydrogens (tertiary/aromatic N) is 2. The minimum atomic E-state index is 0.574. The smallest absolute Gasteiger partial charge is 0.0931 e. The molecule has 2 heterocycles. The van der Waals surface area contributed by atoms with Crippen LogP contribution in [0, 0.1) is 5.92 Å². The molecule has 1 aromatic rings. The van der Waals surface area contributed by atoms with Crippen molar-refractivity contribution < 1.29 is 0 Å².